The number of carbonyl (C=O) groups excluding carboxylic acids is 2. The third-order valence-corrected chi connectivity index (χ3v) is 7.58. The van der Waals surface area contributed by atoms with Crippen LogP contribution < -0.4 is 9.47 Å². The Hall–Kier alpha value is -3.87. The molecule has 3 heterocycles. The molecule has 3 aromatic rings. The molecule has 0 atom stereocenters. The molecule has 37 heavy (non-hydrogen) atoms. The second kappa shape index (κ2) is 9.88. The van der Waals surface area contributed by atoms with E-state index in [0.29, 0.717) is 11.5 Å². The molecule has 6 rings (SSSR count). The van der Waals surface area contributed by atoms with Crippen LogP contribution in [0, 0.1) is 5.92 Å². The van der Waals surface area contributed by atoms with E-state index in [2.05, 4.69) is 13.0 Å². The van der Waals surface area contributed by atoms with Gasteiger partial charge in [0, 0.05) is 18.5 Å². The van der Waals surface area contributed by atoms with Crippen molar-refractivity contribution in [2.45, 2.75) is 39.0 Å². The van der Waals surface area contributed by atoms with Gasteiger partial charge < -0.3 is 19.1 Å². The summed E-state index contributed by atoms with van der Waals surface area (Å²) in [7, 11) is 0. The number of pyridine rings is 1. The van der Waals surface area contributed by atoms with Crippen LogP contribution in [0.25, 0.3) is 22.6 Å². The molecular formula is C30H30N2O5. The fourth-order valence-electron chi connectivity index (χ4n) is 5.46. The SMILES string of the molecule is CC1CCN(C(=O)COC(=O)c2c3c(nc4ccccc24)C(=Cc2ccc4c(c2)OCO4)CCC3)CC1. The Balaban J connectivity index is 1.32. The number of allylic oxidation sites excluding steroid dienone is 1. The first-order valence-corrected chi connectivity index (χ1v) is 13.0. The van der Waals surface area contributed by atoms with Gasteiger partial charge in [0.25, 0.3) is 5.91 Å². The van der Waals surface area contributed by atoms with Gasteiger partial charge in [-0.05, 0) is 79.0 Å². The van der Waals surface area contributed by atoms with Gasteiger partial charge in [0.15, 0.2) is 18.1 Å². The van der Waals surface area contributed by atoms with E-state index in [1.807, 2.05) is 42.5 Å². The van der Waals surface area contributed by atoms with E-state index in [1.54, 1.807) is 4.90 Å². The molecule has 1 amide bonds. The van der Waals surface area contributed by atoms with Crippen LogP contribution in [0.1, 0.15) is 59.8 Å². The summed E-state index contributed by atoms with van der Waals surface area (Å²) in [4.78, 5) is 33.0. The number of rotatable bonds is 4. The van der Waals surface area contributed by atoms with Gasteiger partial charge in [-0.25, -0.2) is 9.78 Å². The number of hydrogen-bond donors (Lipinski definition) is 0. The zero-order valence-electron chi connectivity index (χ0n) is 21.0. The number of amides is 1. The van der Waals surface area contributed by atoms with Gasteiger partial charge in [-0.3, -0.25) is 4.79 Å². The van der Waals surface area contributed by atoms with Crippen molar-refractivity contribution in [2.75, 3.05) is 26.5 Å². The minimum atomic E-state index is -0.460. The van der Waals surface area contributed by atoms with Crippen molar-refractivity contribution in [3.63, 3.8) is 0 Å². The molecule has 1 fully saturated rings. The van der Waals surface area contributed by atoms with E-state index in [9.17, 15) is 9.59 Å². The highest BCUT2D eigenvalue weighted by Gasteiger charge is 2.28. The van der Waals surface area contributed by atoms with E-state index >= 15 is 0 Å². The number of para-hydroxylation sites is 1. The molecule has 0 radical (unpaired) electrons. The molecule has 2 aromatic carbocycles. The lowest BCUT2D eigenvalue weighted by molar-refractivity contribution is -0.135. The number of piperidine rings is 1. The number of likely N-dealkylation sites (tertiary alicyclic amines) is 1. The van der Waals surface area contributed by atoms with Gasteiger partial charge >= 0.3 is 5.97 Å². The van der Waals surface area contributed by atoms with E-state index in [-0.39, 0.29) is 19.3 Å². The maximum Gasteiger partial charge on any atom is 0.339 e. The number of aromatic nitrogens is 1. The average molecular weight is 499 g/mol. The van der Waals surface area contributed by atoms with Gasteiger partial charge in [-0.1, -0.05) is 31.2 Å². The molecule has 190 valence electrons. The van der Waals surface area contributed by atoms with Crippen LogP contribution in [0.3, 0.4) is 0 Å². The number of carbonyl (C=O) groups is 2. The Bertz CT molecular complexity index is 1400. The van der Waals surface area contributed by atoms with Gasteiger partial charge in [-0.15, -0.1) is 0 Å². The Labute approximate surface area is 216 Å². The van der Waals surface area contributed by atoms with Crippen LogP contribution in [0.15, 0.2) is 42.5 Å². The molecular weight excluding hydrogens is 468 g/mol. The summed E-state index contributed by atoms with van der Waals surface area (Å²) in [6.07, 6.45) is 6.56. The number of nitrogens with zero attached hydrogens (tertiary/aromatic N) is 2. The minimum Gasteiger partial charge on any atom is -0.454 e. The molecule has 7 heteroatoms. The predicted octanol–water partition coefficient (Wildman–Crippen LogP) is 5.26. The number of fused-ring (bicyclic) bond motifs is 3. The maximum atomic E-state index is 13.5. The highest BCUT2D eigenvalue weighted by molar-refractivity contribution is 6.07. The lowest BCUT2D eigenvalue weighted by Gasteiger charge is -2.30. The quantitative estimate of drug-likeness (QED) is 0.457. The van der Waals surface area contributed by atoms with E-state index in [1.165, 1.54) is 0 Å². The summed E-state index contributed by atoms with van der Waals surface area (Å²) in [5.41, 5.74) is 5.04. The third kappa shape index (κ3) is 4.66. The molecule has 2 aliphatic heterocycles. The van der Waals surface area contributed by atoms with Crippen LogP contribution in [0.4, 0.5) is 0 Å². The Morgan fingerprint density at radius 2 is 1.89 bits per heavy atom. The normalized spacial score (nSPS) is 18.2. The summed E-state index contributed by atoms with van der Waals surface area (Å²) >= 11 is 0. The van der Waals surface area contributed by atoms with Crippen molar-refractivity contribution in [1.82, 2.24) is 9.88 Å². The van der Waals surface area contributed by atoms with Crippen LogP contribution in [-0.4, -0.2) is 48.2 Å². The Morgan fingerprint density at radius 3 is 2.76 bits per heavy atom. The Morgan fingerprint density at radius 1 is 1.08 bits per heavy atom. The van der Waals surface area contributed by atoms with E-state index in [0.717, 1.165) is 90.0 Å². The number of ether oxygens (including phenoxy) is 3. The van der Waals surface area contributed by atoms with Gasteiger partial charge in [0.2, 0.25) is 6.79 Å². The van der Waals surface area contributed by atoms with Crippen molar-refractivity contribution >= 4 is 34.4 Å². The summed E-state index contributed by atoms with van der Waals surface area (Å²) in [5.74, 6) is 1.51. The lowest BCUT2D eigenvalue weighted by atomic mass is 9.86. The molecule has 0 saturated carbocycles. The zero-order chi connectivity index (χ0) is 25.4. The smallest absolute Gasteiger partial charge is 0.339 e. The summed E-state index contributed by atoms with van der Waals surface area (Å²) < 4.78 is 16.6. The topological polar surface area (TPSA) is 78.0 Å². The van der Waals surface area contributed by atoms with Crippen LogP contribution in [0.5, 0.6) is 11.5 Å². The van der Waals surface area contributed by atoms with Crippen LogP contribution >= 0.6 is 0 Å². The maximum absolute atomic E-state index is 13.5. The fraction of sp³-hybridized carbons (Fsp3) is 0.367. The summed E-state index contributed by atoms with van der Waals surface area (Å²) in [5, 5.41) is 0.759. The second-order valence-corrected chi connectivity index (χ2v) is 10.1. The largest absolute Gasteiger partial charge is 0.454 e. The number of hydrogen-bond acceptors (Lipinski definition) is 6. The lowest BCUT2D eigenvalue weighted by Crippen LogP contribution is -2.40. The predicted molar refractivity (Wildman–Crippen MR) is 140 cm³/mol. The standard InChI is InChI=1S/C30H30N2O5/c1-19-11-13-32(14-12-19)27(33)17-35-30(34)28-22-6-2-3-8-24(22)31-29-21(5-4-7-23(28)29)15-20-9-10-25-26(16-20)37-18-36-25/h2-3,6,8-10,15-16,19H,4-5,7,11-14,17-18H2,1H3. The number of esters is 1. The van der Waals surface area contributed by atoms with Crippen molar-refractivity contribution in [3.8, 4) is 11.5 Å². The molecule has 0 unspecified atom stereocenters. The molecule has 1 aliphatic carbocycles. The van der Waals surface area contributed by atoms with Crippen LogP contribution in [-0.2, 0) is 16.0 Å². The summed E-state index contributed by atoms with van der Waals surface area (Å²) in [6.45, 7) is 3.64. The Kier molecular flexibility index (Phi) is 6.28. The molecule has 7 nitrogen and oxygen atoms in total. The molecule has 0 spiro atoms. The van der Waals surface area contributed by atoms with Crippen molar-refractivity contribution in [3.05, 3.63) is 64.8 Å². The average Bonchev–Trinajstić information content (AvgIpc) is 3.39. The first-order valence-electron chi connectivity index (χ1n) is 13.0. The second-order valence-electron chi connectivity index (χ2n) is 10.1. The van der Waals surface area contributed by atoms with Crippen molar-refractivity contribution in [1.29, 1.82) is 0 Å². The van der Waals surface area contributed by atoms with Gasteiger partial charge in [0.05, 0.1) is 16.8 Å². The summed E-state index contributed by atoms with van der Waals surface area (Å²) in [6, 6.07) is 13.5. The first-order chi connectivity index (χ1) is 18.1. The molecule has 1 saturated heterocycles. The van der Waals surface area contributed by atoms with Crippen molar-refractivity contribution in [2.24, 2.45) is 5.92 Å². The van der Waals surface area contributed by atoms with E-state index < -0.39 is 5.97 Å². The highest BCUT2D eigenvalue weighted by atomic mass is 16.7. The van der Waals surface area contributed by atoms with Crippen molar-refractivity contribution < 1.29 is 23.8 Å². The highest BCUT2D eigenvalue weighted by Crippen LogP contribution is 2.38. The fourth-order valence-corrected chi connectivity index (χ4v) is 5.46. The molecule has 0 bridgehead atoms. The zero-order valence-corrected chi connectivity index (χ0v) is 21.0. The first kappa shape index (κ1) is 23.5. The van der Waals surface area contributed by atoms with Gasteiger partial charge in [0.1, 0.15) is 0 Å². The molecule has 1 aromatic heterocycles. The number of benzene rings is 2. The third-order valence-electron chi connectivity index (χ3n) is 7.58. The molecule has 3 aliphatic rings. The minimum absolute atomic E-state index is 0.129. The molecule has 0 N–H and O–H groups in total. The monoisotopic (exact) mass is 498 g/mol. The van der Waals surface area contributed by atoms with E-state index in [4.69, 9.17) is 19.2 Å². The van der Waals surface area contributed by atoms with Crippen LogP contribution in [0.2, 0.25) is 0 Å². The van der Waals surface area contributed by atoms with Gasteiger partial charge in [-0.2, -0.15) is 0 Å².